The summed E-state index contributed by atoms with van der Waals surface area (Å²) < 4.78 is 11.2. The van der Waals surface area contributed by atoms with Gasteiger partial charge in [-0.1, -0.05) is 20.8 Å². The van der Waals surface area contributed by atoms with Crippen molar-refractivity contribution in [2.75, 3.05) is 19.8 Å². The van der Waals surface area contributed by atoms with Gasteiger partial charge in [-0.3, -0.25) is 9.59 Å². The summed E-state index contributed by atoms with van der Waals surface area (Å²) >= 11 is 0. The van der Waals surface area contributed by atoms with Crippen LogP contribution in [0.4, 0.5) is 0 Å². The zero-order valence-corrected chi connectivity index (χ0v) is 17.1. The van der Waals surface area contributed by atoms with Gasteiger partial charge in [0.1, 0.15) is 17.9 Å². The van der Waals surface area contributed by atoms with Crippen molar-refractivity contribution in [2.24, 2.45) is 5.41 Å². The van der Waals surface area contributed by atoms with E-state index in [-0.39, 0.29) is 23.3 Å². The van der Waals surface area contributed by atoms with Crippen molar-refractivity contribution >= 4 is 11.8 Å². The molecule has 1 aromatic rings. The molecule has 0 bridgehead atoms. The minimum atomic E-state index is -1.00. The van der Waals surface area contributed by atoms with E-state index in [0.29, 0.717) is 24.5 Å². The van der Waals surface area contributed by atoms with E-state index in [1.54, 1.807) is 38.1 Å². The second-order valence-electron chi connectivity index (χ2n) is 8.79. The summed E-state index contributed by atoms with van der Waals surface area (Å²) in [6, 6.07) is 6.92. The SMILES string of the molecule is CC(C)(C)CNC(=O)C(C)(C)NC(=O)c1ccc(OC[C@H]2CCCO2)cc1. The molecule has 1 heterocycles. The van der Waals surface area contributed by atoms with Crippen LogP contribution in [0.15, 0.2) is 24.3 Å². The molecule has 1 aliphatic rings. The summed E-state index contributed by atoms with van der Waals surface area (Å²) in [5.74, 6) is 0.197. The van der Waals surface area contributed by atoms with Crippen LogP contribution in [0.2, 0.25) is 0 Å². The highest BCUT2D eigenvalue weighted by atomic mass is 16.5. The van der Waals surface area contributed by atoms with Crippen LogP contribution < -0.4 is 15.4 Å². The molecular formula is C21H32N2O4. The van der Waals surface area contributed by atoms with Crippen LogP contribution in [0.3, 0.4) is 0 Å². The van der Waals surface area contributed by atoms with Crippen LogP contribution in [0, 0.1) is 5.41 Å². The van der Waals surface area contributed by atoms with Crippen molar-refractivity contribution in [2.45, 2.75) is 59.1 Å². The van der Waals surface area contributed by atoms with Gasteiger partial charge in [-0.2, -0.15) is 0 Å². The monoisotopic (exact) mass is 376 g/mol. The van der Waals surface area contributed by atoms with E-state index in [2.05, 4.69) is 10.6 Å². The third-order valence-corrected chi connectivity index (χ3v) is 4.35. The Morgan fingerprint density at radius 1 is 1.15 bits per heavy atom. The van der Waals surface area contributed by atoms with E-state index in [0.717, 1.165) is 19.4 Å². The molecular weight excluding hydrogens is 344 g/mol. The van der Waals surface area contributed by atoms with Gasteiger partial charge < -0.3 is 20.1 Å². The lowest BCUT2D eigenvalue weighted by Gasteiger charge is -2.27. The Hall–Kier alpha value is -2.08. The van der Waals surface area contributed by atoms with Gasteiger partial charge in [0.25, 0.3) is 5.91 Å². The van der Waals surface area contributed by atoms with Crippen molar-refractivity contribution in [3.8, 4) is 5.75 Å². The lowest BCUT2D eigenvalue weighted by Crippen LogP contribution is -2.55. The van der Waals surface area contributed by atoms with Crippen molar-refractivity contribution in [3.05, 3.63) is 29.8 Å². The molecule has 0 spiro atoms. The van der Waals surface area contributed by atoms with Gasteiger partial charge >= 0.3 is 0 Å². The Morgan fingerprint density at radius 3 is 2.37 bits per heavy atom. The largest absolute Gasteiger partial charge is 0.491 e. The molecule has 6 heteroatoms. The number of nitrogens with one attached hydrogen (secondary N) is 2. The molecule has 1 atom stereocenters. The molecule has 1 aliphatic heterocycles. The summed E-state index contributed by atoms with van der Waals surface area (Å²) in [6.45, 7) is 11.4. The number of hydrogen-bond acceptors (Lipinski definition) is 4. The Bertz CT molecular complexity index is 641. The maximum absolute atomic E-state index is 12.5. The minimum Gasteiger partial charge on any atom is -0.491 e. The first-order valence-electron chi connectivity index (χ1n) is 9.52. The average molecular weight is 376 g/mol. The average Bonchev–Trinajstić information content (AvgIpc) is 3.10. The lowest BCUT2D eigenvalue weighted by atomic mass is 9.96. The summed E-state index contributed by atoms with van der Waals surface area (Å²) in [5.41, 5.74) is -0.539. The van der Waals surface area contributed by atoms with E-state index in [9.17, 15) is 9.59 Å². The quantitative estimate of drug-likeness (QED) is 0.767. The fourth-order valence-electron chi connectivity index (χ4n) is 2.65. The third-order valence-electron chi connectivity index (χ3n) is 4.35. The maximum atomic E-state index is 12.5. The third kappa shape index (κ3) is 6.86. The molecule has 1 aromatic carbocycles. The van der Waals surface area contributed by atoms with E-state index in [4.69, 9.17) is 9.47 Å². The number of carbonyl (C=O) groups excluding carboxylic acids is 2. The first-order chi connectivity index (χ1) is 12.6. The molecule has 0 aromatic heterocycles. The highest BCUT2D eigenvalue weighted by molar-refractivity contribution is 5.99. The van der Waals surface area contributed by atoms with E-state index in [1.165, 1.54) is 0 Å². The number of ether oxygens (including phenoxy) is 2. The molecule has 6 nitrogen and oxygen atoms in total. The summed E-state index contributed by atoms with van der Waals surface area (Å²) in [7, 11) is 0. The van der Waals surface area contributed by atoms with Gasteiger partial charge in [0.05, 0.1) is 6.10 Å². The topological polar surface area (TPSA) is 76.7 Å². The lowest BCUT2D eigenvalue weighted by molar-refractivity contribution is -0.126. The molecule has 150 valence electrons. The molecule has 2 N–H and O–H groups in total. The van der Waals surface area contributed by atoms with Gasteiger partial charge in [0.15, 0.2) is 0 Å². The molecule has 27 heavy (non-hydrogen) atoms. The van der Waals surface area contributed by atoms with E-state index >= 15 is 0 Å². The van der Waals surface area contributed by atoms with Crippen LogP contribution >= 0.6 is 0 Å². The normalized spacial score (nSPS) is 17.4. The highest BCUT2D eigenvalue weighted by Crippen LogP contribution is 2.17. The Kier molecular flexibility index (Phi) is 6.87. The van der Waals surface area contributed by atoms with Crippen molar-refractivity contribution in [1.82, 2.24) is 10.6 Å². The number of carbonyl (C=O) groups is 2. The second-order valence-corrected chi connectivity index (χ2v) is 8.79. The maximum Gasteiger partial charge on any atom is 0.252 e. The highest BCUT2D eigenvalue weighted by Gasteiger charge is 2.30. The molecule has 0 aliphatic carbocycles. The van der Waals surface area contributed by atoms with Crippen LogP contribution in [-0.2, 0) is 9.53 Å². The molecule has 2 rings (SSSR count). The Morgan fingerprint density at radius 2 is 1.81 bits per heavy atom. The predicted molar refractivity (Wildman–Crippen MR) is 105 cm³/mol. The number of amides is 2. The first-order valence-corrected chi connectivity index (χ1v) is 9.52. The smallest absolute Gasteiger partial charge is 0.252 e. The molecule has 0 saturated carbocycles. The minimum absolute atomic E-state index is 0.0187. The van der Waals surface area contributed by atoms with Gasteiger partial charge in [0, 0.05) is 18.7 Å². The van der Waals surface area contributed by atoms with Crippen molar-refractivity contribution in [1.29, 1.82) is 0 Å². The molecule has 0 unspecified atom stereocenters. The summed E-state index contributed by atoms with van der Waals surface area (Å²) in [4.78, 5) is 24.9. The fraction of sp³-hybridized carbons (Fsp3) is 0.619. The Labute approximate surface area is 162 Å². The van der Waals surface area contributed by atoms with Gasteiger partial charge in [-0.05, 0) is 56.4 Å². The predicted octanol–water partition coefficient (Wildman–Crippen LogP) is 2.92. The van der Waals surface area contributed by atoms with Crippen molar-refractivity contribution in [3.63, 3.8) is 0 Å². The van der Waals surface area contributed by atoms with E-state index < -0.39 is 5.54 Å². The van der Waals surface area contributed by atoms with Crippen LogP contribution in [0.1, 0.15) is 57.8 Å². The number of benzene rings is 1. The van der Waals surface area contributed by atoms with Gasteiger partial charge in [-0.25, -0.2) is 0 Å². The van der Waals surface area contributed by atoms with Crippen molar-refractivity contribution < 1.29 is 19.1 Å². The van der Waals surface area contributed by atoms with E-state index in [1.807, 2.05) is 20.8 Å². The fourth-order valence-corrected chi connectivity index (χ4v) is 2.65. The molecule has 2 amide bonds. The summed E-state index contributed by atoms with van der Waals surface area (Å²) in [6.07, 6.45) is 2.25. The summed E-state index contributed by atoms with van der Waals surface area (Å²) in [5, 5.41) is 5.68. The van der Waals surface area contributed by atoms with Gasteiger partial charge in [-0.15, -0.1) is 0 Å². The molecule has 1 saturated heterocycles. The molecule has 1 fully saturated rings. The first kappa shape index (κ1) is 21.2. The van der Waals surface area contributed by atoms with Gasteiger partial charge in [0.2, 0.25) is 5.91 Å². The second kappa shape index (κ2) is 8.74. The number of hydrogen-bond donors (Lipinski definition) is 2. The molecule has 0 radical (unpaired) electrons. The zero-order chi connectivity index (χ0) is 20.1. The standard InChI is InChI=1S/C21H32N2O4/c1-20(2,3)14-22-19(25)21(4,5)23-18(24)15-8-10-16(11-9-15)27-13-17-7-6-12-26-17/h8-11,17H,6-7,12-14H2,1-5H3,(H,22,25)(H,23,24)/t17-/m1/s1. The van der Waals surface area contributed by atoms with Crippen LogP contribution in [-0.4, -0.2) is 43.2 Å². The zero-order valence-electron chi connectivity index (χ0n) is 17.1. The van der Waals surface area contributed by atoms with Crippen LogP contribution in [0.25, 0.3) is 0 Å². The number of rotatable bonds is 7. The Balaban J connectivity index is 1.87. The van der Waals surface area contributed by atoms with Crippen LogP contribution in [0.5, 0.6) is 5.75 Å².